The Balaban J connectivity index is 2.59. The number of hydrogen-bond donors (Lipinski definition) is 4. The largest absolute Gasteiger partial charge is 0.365 e. The van der Waals surface area contributed by atoms with Crippen LogP contribution in [0.5, 0.6) is 0 Å². The zero-order valence-corrected chi connectivity index (χ0v) is 16.3. The van der Waals surface area contributed by atoms with E-state index in [1.807, 2.05) is 0 Å². The van der Waals surface area contributed by atoms with Crippen LogP contribution in [-0.4, -0.2) is 41.9 Å². The Morgan fingerprint density at radius 2 is 2.11 bits per heavy atom. The van der Waals surface area contributed by atoms with Crippen molar-refractivity contribution in [2.45, 2.75) is 39.2 Å². The van der Waals surface area contributed by atoms with Crippen LogP contribution in [0.15, 0.2) is 22.5 Å². The number of nitrogens with one attached hydrogen (secondary N) is 3. The van der Waals surface area contributed by atoms with Gasteiger partial charge in [0, 0.05) is 13.1 Å². The summed E-state index contributed by atoms with van der Waals surface area (Å²) in [5.41, 5.74) is 7.08. The average Bonchev–Trinajstić information content (AvgIpc) is 3.11. The molecular formula is C16H26N6O4S. The molecule has 0 radical (unpaired) electrons. The van der Waals surface area contributed by atoms with Crippen molar-refractivity contribution in [3.05, 3.63) is 32.5 Å². The van der Waals surface area contributed by atoms with Crippen molar-refractivity contribution in [2.75, 3.05) is 13.1 Å². The number of nitrogens with two attached hydrogens (primary N) is 1. The molecule has 0 bridgehead atoms. The van der Waals surface area contributed by atoms with Gasteiger partial charge in [-0.15, -0.1) is 11.3 Å². The summed E-state index contributed by atoms with van der Waals surface area (Å²) in [6.07, 6.45) is 1.59. The molecule has 0 aromatic carbocycles. The summed E-state index contributed by atoms with van der Waals surface area (Å²) >= 11 is 1.29. The number of hydrogen-bond acceptors (Lipinski definition) is 6. The van der Waals surface area contributed by atoms with Crippen LogP contribution in [0.4, 0.5) is 0 Å². The van der Waals surface area contributed by atoms with Crippen LogP contribution < -0.4 is 21.8 Å². The number of thiophene rings is 1. The molecule has 5 N–H and O–H groups in total. The number of rotatable bonds is 11. The highest BCUT2D eigenvalue weighted by atomic mass is 32.1. The van der Waals surface area contributed by atoms with Crippen LogP contribution >= 0.6 is 11.3 Å². The summed E-state index contributed by atoms with van der Waals surface area (Å²) in [5, 5.41) is 16.8. The van der Waals surface area contributed by atoms with E-state index in [0.29, 0.717) is 30.2 Å². The number of carbonyl (C=O) groups excluding carboxylic acids is 2. The van der Waals surface area contributed by atoms with E-state index in [1.165, 1.54) is 11.3 Å². The molecule has 1 atom stereocenters. The minimum Gasteiger partial charge on any atom is -0.365 e. The average molecular weight is 398 g/mol. The molecule has 1 aromatic heterocycles. The topological polar surface area (TPSA) is 152 Å². The summed E-state index contributed by atoms with van der Waals surface area (Å²) in [6, 6.07) is 2.73. The van der Waals surface area contributed by atoms with Crippen LogP contribution in [0.1, 0.15) is 42.8 Å². The molecular weight excluding hydrogens is 372 g/mol. The van der Waals surface area contributed by atoms with E-state index in [4.69, 9.17) is 5.73 Å². The molecule has 0 unspecified atom stereocenters. The van der Waals surface area contributed by atoms with Crippen molar-refractivity contribution < 1.29 is 14.6 Å². The van der Waals surface area contributed by atoms with E-state index in [-0.39, 0.29) is 24.3 Å². The summed E-state index contributed by atoms with van der Waals surface area (Å²) in [6.45, 7) is 4.84. The molecule has 11 heteroatoms. The molecule has 0 aliphatic carbocycles. The standard InChI is InChI=1S/C16H26N6O4S/c1-11(2)7-9-18-14(23)12(20-15(24)13-6-4-10-27-13)5-3-8-19-16(17)21-22(25)26/h4,6,10-12H,3,5,7-9H2,1-2H3,(H,18,23)(H,20,24)(H3,17,19,21)/t12-/m0/s1. The number of carbonyl (C=O) groups is 2. The smallest absolute Gasteiger partial charge is 0.261 e. The Bertz CT molecular complexity index is 647. The third kappa shape index (κ3) is 9.54. The fraction of sp³-hybridized carbons (Fsp3) is 0.562. The number of amides is 2. The SMILES string of the molecule is CC(C)CCNC(=O)[C@H](CCCN=C(N)N[N+](=O)[O-])NC(=O)c1cccs1. The van der Waals surface area contributed by atoms with Crippen LogP contribution in [0.25, 0.3) is 0 Å². The summed E-state index contributed by atoms with van der Waals surface area (Å²) in [4.78, 5) is 39.3. The molecule has 0 saturated carbocycles. The van der Waals surface area contributed by atoms with Gasteiger partial charge in [0.15, 0.2) is 5.03 Å². The summed E-state index contributed by atoms with van der Waals surface area (Å²) in [5.74, 6) is -0.426. The van der Waals surface area contributed by atoms with Crippen molar-refractivity contribution in [1.82, 2.24) is 16.1 Å². The summed E-state index contributed by atoms with van der Waals surface area (Å²) in [7, 11) is 0. The molecule has 150 valence electrons. The van der Waals surface area contributed by atoms with Gasteiger partial charge in [-0.3, -0.25) is 9.59 Å². The second-order valence-electron chi connectivity index (χ2n) is 6.26. The fourth-order valence-electron chi connectivity index (χ4n) is 2.14. The second kappa shape index (κ2) is 11.8. The van der Waals surface area contributed by atoms with E-state index in [2.05, 4.69) is 29.5 Å². The van der Waals surface area contributed by atoms with Crippen LogP contribution in [-0.2, 0) is 4.79 Å². The number of guanidine groups is 1. The Kier molecular flexibility index (Phi) is 9.80. The van der Waals surface area contributed by atoms with Gasteiger partial charge in [-0.1, -0.05) is 25.3 Å². The zero-order chi connectivity index (χ0) is 20.2. The molecule has 0 aliphatic rings. The van der Waals surface area contributed by atoms with Gasteiger partial charge < -0.3 is 16.4 Å². The minimum atomic E-state index is -0.801. The third-order valence-electron chi connectivity index (χ3n) is 3.53. The monoisotopic (exact) mass is 398 g/mol. The molecule has 2 amide bonds. The Morgan fingerprint density at radius 3 is 2.70 bits per heavy atom. The number of aliphatic imine (C=N–C) groups is 1. The van der Waals surface area contributed by atoms with E-state index >= 15 is 0 Å². The van der Waals surface area contributed by atoms with Gasteiger partial charge >= 0.3 is 0 Å². The van der Waals surface area contributed by atoms with Crippen LogP contribution in [0, 0.1) is 16.0 Å². The van der Waals surface area contributed by atoms with Crippen molar-refractivity contribution in [1.29, 1.82) is 0 Å². The Labute approximate surface area is 161 Å². The maximum Gasteiger partial charge on any atom is 0.261 e. The molecule has 0 spiro atoms. The molecule has 0 fully saturated rings. The van der Waals surface area contributed by atoms with Crippen molar-refractivity contribution >= 4 is 29.1 Å². The van der Waals surface area contributed by atoms with Gasteiger partial charge in [-0.25, -0.2) is 15.1 Å². The second-order valence-corrected chi connectivity index (χ2v) is 7.20. The van der Waals surface area contributed by atoms with Gasteiger partial charge in [-0.2, -0.15) is 0 Å². The van der Waals surface area contributed by atoms with Gasteiger partial charge in [-0.05, 0) is 36.6 Å². The van der Waals surface area contributed by atoms with Crippen LogP contribution in [0.2, 0.25) is 0 Å². The number of nitrogens with zero attached hydrogens (tertiary/aromatic N) is 2. The highest BCUT2D eigenvalue weighted by molar-refractivity contribution is 7.12. The van der Waals surface area contributed by atoms with Crippen molar-refractivity contribution in [2.24, 2.45) is 16.6 Å². The molecule has 0 saturated heterocycles. The maximum absolute atomic E-state index is 12.4. The third-order valence-corrected chi connectivity index (χ3v) is 4.40. The first-order chi connectivity index (χ1) is 12.8. The lowest BCUT2D eigenvalue weighted by atomic mass is 10.1. The quantitative estimate of drug-likeness (QED) is 0.143. The zero-order valence-electron chi connectivity index (χ0n) is 15.4. The van der Waals surface area contributed by atoms with Gasteiger partial charge in [0.1, 0.15) is 6.04 Å². The lowest BCUT2D eigenvalue weighted by molar-refractivity contribution is -0.525. The first-order valence-electron chi connectivity index (χ1n) is 8.62. The molecule has 0 aliphatic heterocycles. The van der Waals surface area contributed by atoms with E-state index < -0.39 is 11.1 Å². The van der Waals surface area contributed by atoms with E-state index in [1.54, 1.807) is 22.9 Å². The molecule has 27 heavy (non-hydrogen) atoms. The van der Waals surface area contributed by atoms with Crippen molar-refractivity contribution in [3.8, 4) is 0 Å². The first-order valence-corrected chi connectivity index (χ1v) is 9.50. The molecule has 10 nitrogen and oxygen atoms in total. The van der Waals surface area contributed by atoms with E-state index in [0.717, 1.165) is 6.42 Å². The molecule has 1 heterocycles. The summed E-state index contributed by atoms with van der Waals surface area (Å²) < 4.78 is 0. The lowest BCUT2D eigenvalue weighted by Gasteiger charge is -2.18. The van der Waals surface area contributed by atoms with E-state index in [9.17, 15) is 19.7 Å². The van der Waals surface area contributed by atoms with Gasteiger partial charge in [0.25, 0.3) is 11.9 Å². The highest BCUT2D eigenvalue weighted by Gasteiger charge is 2.21. The molecule has 1 aromatic rings. The normalized spacial score (nSPS) is 12.5. The predicted octanol–water partition coefficient (Wildman–Crippen LogP) is 0.885. The number of nitro groups is 1. The molecule has 1 rings (SSSR count). The minimum absolute atomic E-state index is 0.192. The highest BCUT2D eigenvalue weighted by Crippen LogP contribution is 2.09. The fourth-order valence-corrected chi connectivity index (χ4v) is 2.76. The Morgan fingerprint density at radius 1 is 1.37 bits per heavy atom. The van der Waals surface area contributed by atoms with Crippen LogP contribution in [0.3, 0.4) is 0 Å². The predicted molar refractivity (Wildman–Crippen MR) is 104 cm³/mol. The number of hydrazine groups is 1. The maximum atomic E-state index is 12.4. The lowest BCUT2D eigenvalue weighted by Crippen LogP contribution is -2.47. The van der Waals surface area contributed by atoms with Crippen molar-refractivity contribution in [3.63, 3.8) is 0 Å². The van der Waals surface area contributed by atoms with Gasteiger partial charge in [0.05, 0.1) is 4.88 Å². The van der Waals surface area contributed by atoms with Gasteiger partial charge in [0.2, 0.25) is 5.91 Å². The first kappa shape index (κ1) is 22.4. The Hall–Kier alpha value is -2.69.